The van der Waals surface area contributed by atoms with Crippen LogP contribution in [0, 0.1) is 11.8 Å². The maximum atomic E-state index is 11.9. The van der Waals surface area contributed by atoms with Crippen molar-refractivity contribution < 1.29 is 19.1 Å². The van der Waals surface area contributed by atoms with Gasteiger partial charge in [0.25, 0.3) is 0 Å². The van der Waals surface area contributed by atoms with Crippen LogP contribution in [0.5, 0.6) is 0 Å². The zero-order chi connectivity index (χ0) is 13.5. The molecule has 0 aromatic carbocycles. The van der Waals surface area contributed by atoms with E-state index in [9.17, 15) is 9.59 Å². The smallest absolute Gasteiger partial charge is 0.310 e. The predicted octanol–water partition coefficient (Wildman–Crippen LogP) is 2.48. The predicted molar refractivity (Wildman–Crippen MR) is 67.9 cm³/mol. The van der Waals surface area contributed by atoms with Crippen molar-refractivity contribution in [3.63, 3.8) is 0 Å². The molecular formula is C14H22O4. The second-order valence-electron chi connectivity index (χ2n) is 4.37. The van der Waals surface area contributed by atoms with Crippen molar-refractivity contribution in [1.29, 1.82) is 0 Å². The van der Waals surface area contributed by atoms with E-state index >= 15 is 0 Å². The Morgan fingerprint density at radius 2 is 1.67 bits per heavy atom. The minimum absolute atomic E-state index is 0.283. The van der Waals surface area contributed by atoms with Crippen molar-refractivity contribution in [2.75, 3.05) is 13.2 Å². The van der Waals surface area contributed by atoms with Gasteiger partial charge < -0.3 is 9.47 Å². The van der Waals surface area contributed by atoms with Gasteiger partial charge in [-0.3, -0.25) is 9.59 Å². The molecule has 0 aliphatic heterocycles. The Bertz CT molecular complexity index is 333. The molecule has 0 amide bonds. The van der Waals surface area contributed by atoms with Crippen LogP contribution in [-0.2, 0) is 19.1 Å². The van der Waals surface area contributed by atoms with E-state index in [0.29, 0.717) is 26.1 Å². The average Bonchev–Trinajstić information content (AvgIpc) is 2.38. The number of hydrogen-bond donors (Lipinski definition) is 0. The first-order valence-corrected chi connectivity index (χ1v) is 6.65. The summed E-state index contributed by atoms with van der Waals surface area (Å²) < 4.78 is 10.1. The molecular weight excluding hydrogens is 232 g/mol. The summed E-state index contributed by atoms with van der Waals surface area (Å²) in [6.45, 7) is 6.29. The van der Waals surface area contributed by atoms with E-state index < -0.39 is 0 Å². The Morgan fingerprint density at radius 1 is 1.11 bits per heavy atom. The lowest BCUT2D eigenvalue weighted by Crippen LogP contribution is -2.34. The molecule has 1 aliphatic rings. The van der Waals surface area contributed by atoms with Crippen molar-refractivity contribution in [2.45, 2.75) is 40.0 Å². The van der Waals surface area contributed by atoms with Crippen LogP contribution in [0.25, 0.3) is 0 Å². The molecule has 0 fully saturated rings. The summed E-state index contributed by atoms with van der Waals surface area (Å²) in [7, 11) is 0. The Balaban J connectivity index is 2.81. The first kappa shape index (κ1) is 14.7. The Hall–Kier alpha value is -1.32. The third kappa shape index (κ3) is 3.59. The van der Waals surface area contributed by atoms with E-state index in [2.05, 4.69) is 13.0 Å². The molecule has 0 radical (unpaired) electrons. The number of hydrogen-bond acceptors (Lipinski definition) is 4. The first-order chi connectivity index (χ1) is 8.63. The molecule has 102 valence electrons. The highest BCUT2D eigenvalue weighted by Crippen LogP contribution is 2.33. The Morgan fingerprint density at radius 3 is 2.17 bits per heavy atom. The second-order valence-corrected chi connectivity index (χ2v) is 4.37. The highest BCUT2D eigenvalue weighted by atomic mass is 16.5. The van der Waals surface area contributed by atoms with Gasteiger partial charge in [-0.15, -0.1) is 0 Å². The lowest BCUT2D eigenvalue weighted by atomic mass is 9.79. The molecule has 0 spiro atoms. The standard InChI is InChI=1S/C14H22O4/c1-4-10-7-8-11(13(15)17-5-2)12(9-10)14(16)18-6-3/h7,11-12H,4-6,8-9H2,1-3H3. The minimum Gasteiger partial charge on any atom is -0.466 e. The fourth-order valence-electron chi connectivity index (χ4n) is 2.26. The van der Waals surface area contributed by atoms with Crippen LogP contribution in [0.1, 0.15) is 40.0 Å². The average molecular weight is 254 g/mol. The third-order valence-corrected chi connectivity index (χ3v) is 3.26. The van der Waals surface area contributed by atoms with Gasteiger partial charge in [0.2, 0.25) is 0 Å². The van der Waals surface area contributed by atoms with Gasteiger partial charge in [0.05, 0.1) is 25.0 Å². The van der Waals surface area contributed by atoms with Gasteiger partial charge in [-0.2, -0.15) is 0 Å². The molecule has 0 saturated carbocycles. The van der Waals surface area contributed by atoms with E-state index in [4.69, 9.17) is 9.47 Å². The summed E-state index contributed by atoms with van der Waals surface area (Å²) in [6.07, 6.45) is 4.15. The largest absolute Gasteiger partial charge is 0.466 e. The summed E-state index contributed by atoms with van der Waals surface area (Å²) in [5.41, 5.74) is 1.22. The quantitative estimate of drug-likeness (QED) is 0.558. The van der Waals surface area contributed by atoms with E-state index in [1.165, 1.54) is 5.57 Å². The van der Waals surface area contributed by atoms with Gasteiger partial charge in [-0.1, -0.05) is 18.6 Å². The monoisotopic (exact) mass is 254 g/mol. The maximum Gasteiger partial charge on any atom is 0.310 e. The summed E-state index contributed by atoms with van der Waals surface area (Å²) in [4.78, 5) is 23.8. The van der Waals surface area contributed by atoms with Crippen LogP contribution >= 0.6 is 0 Å². The van der Waals surface area contributed by atoms with Crippen molar-refractivity contribution in [3.8, 4) is 0 Å². The summed E-state index contributed by atoms with van der Waals surface area (Å²) >= 11 is 0. The van der Waals surface area contributed by atoms with Gasteiger partial charge in [0, 0.05) is 0 Å². The lowest BCUT2D eigenvalue weighted by Gasteiger charge is -2.28. The molecule has 4 nitrogen and oxygen atoms in total. The zero-order valence-corrected chi connectivity index (χ0v) is 11.4. The van der Waals surface area contributed by atoms with E-state index in [0.717, 1.165) is 6.42 Å². The molecule has 0 bridgehead atoms. The molecule has 0 aromatic rings. The van der Waals surface area contributed by atoms with Crippen LogP contribution in [0.3, 0.4) is 0 Å². The molecule has 0 heterocycles. The van der Waals surface area contributed by atoms with Gasteiger partial charge >= 0.3 is 11.9 Å². The Labute approximate surface area is 108 Å². The van der Waals surface area contributed by atoms with Crippen molar-refractivity contribution in [2.24, 2.45) is 11.8 Å². The number of ether oxygens (including phenoxy) is 2. The van der Waals surface area contributed by atoms with E-state index in [1.54, 1.807) is 13.8 Å². The number of carbonyl (C=O) groups is 2. The van der Waals surface area contributed by atoms with Gasteiger partial charge in [-0.05, 0) is 33.1 Å². The topological polar surface area (TPSA) is 52.6 Å². The summed E-state index contributed by atoms with van der Waals surface area (Å²) in [5.74, 6) is -1.35. The molecule has 0 N–H and O–H groups in total. The number of allylic oxidation sites excluding steroid dienone is 2. The van der Waals surface area contributed by atoms with Crippen molar-refractivity contribution in [1.82, 2.24) is 0 Å². The van der Waals surface area contributed by atoms with Crippen LogP contribution in [0.4, 0.5) is 0 Å². The molecule has 18 heavy (non-hydrogen) atoms. The van der Waals surface area contributed by atoms with Crippen LogP contribution in [0.2, 0.25) is 0 Å². The van der Waals surface area contributed by atoms with Gasteiger partial charge in [-0.25, -0.2) is 0 Å². The lowest BCUT2D eigenvalue weighted by molar-refractivity contribution is -0.160. The second kappa shape index (κ2) is 7.19. The number of esters is 2. The van der Waals surface area contributed by atoms with Gasteiger partial charge in [0.15, 0.2) is 0 Å². The van der Waals surface area contributed by atoms with Crippen LogP contribution < -0.4 is 0 Å². The molecule has 0 aromatic heterocycles. The maximum absolute atomic E-state index is 11.9. The molecule has 1 aliphatic carbocycles. The normalized spacial score (nSPS) is 23.2. The summed E-state index contributed by atoms with van der Waals surface area (Å²) in [5, 5.41) is 0. The summed E-state index contributed by atoms with van der Waals surface area (Å²) in [6, 6.07) is 0. The molecule has 1 rings (SSSR count). The van der Waals surface area contributed by atoms with E-state index in [-0.39, 0.29) is 23.8 Å². The minimum atomic E-state index is -0.390. The zero-order valence-electron chi connectivity index (χ0n) is 11.4. The number of carbonyl (C=O) groups excluding carboxylic acids is 2. The fraction of sp³-hybridized carbons (Fsp3) is 0.714. The highest BCUT2D eigenvalue weighted by molar-refractivity contribution is 5.83. The fourth-order valence-corrected chi connectivity index (χ4v) is 2.26. The SMILES string of the molecule is CCOC(=O)C1CC=C(CC)CC1C(=O)OCC. The molecule has 4 heteroatoms. The molecule has 2 atom stereocenters. The third-order valence-electron chi connectivity index (χ3n) is 3.26. The molecule has 2 unspecified atom stereocenters. The number of rotatable bonds is 5. The van der Waals surface area contributed by atoms with E-state index in [1.807, 2.05) is 0 Å². The first-order valence-electron chi connectivity index (χ1n) is 6.65. The Kier molecular flexibility index (Phi) is 5.89. The van der Waals surface area contributed by atoms with Crippen molar-refractivity contribution >= 4 is 11.9 Å². The van der Waals surface area contributed by atoms with Crippen LogP contribution in [0.15, 0.2) is 11.6 Å². The van der Waals surface area contributed by atoms with Gasteiger partial charge in [0.1, 0.15) is 0 Å². The highest BCUT2D eigenvalue weighted by Gasteiger charge is 2.37. The molecule has 0 saturated heterocycles. The van der Waals surface area contributed by atoms with Crippen molar-refractivity contribution in [3.05, 3.63) is 11.6 Å². The van der Waals surface area contributed by atoms with Crippen LogP contribution in [-0.4, -0.2) is 25.2 Å².